The van der Waals surface area contributed by atoms with Crippen molar-refractivity contribution in [3.8, 4) is 11.5 Å². The van der Waals surface area contributed by atoms with Crippen LogP contribution in [0.15, 0.2) is 48.5 Å². The zero-order chi connectivity index (χ0) is 14.7. The van der Waals surface area contributed by atoms with Crippen molar-refractivity contribution in [2.75, 3.05) is 25.1 Å². The predicted octanol–water partition coefficient (Wildman–Crippen LogP) is 2.78. The third kappa shape index (κ3) is 3.11. The molecule has 3 rings (SSSR count). The van der Waals surface area contributed by atoms with Crippen molar-refractivity contribution in [3.05, 3.63) is 54.1 Å². The molecule has 1 aliphatic heterocycles. The average Bonchev–Trinajstić information content (AvgIpc) is 2.54. The minimum absolute atomic E-state index is 0.413. The molecule has 110 valence electrons. The summed E-state index contributed by atoms with van der Waals surface area (Å²) in [5.74, 6) is 1.51. The Labute approximate surface area is 124 Å². The van der Waals surface area contributed by atoms with Crippen molar-refractivity contribution in [2.45, 2.75) is 12.5 Å². The van der Waals surface area contributed by atoms with Gasteiger partial charge in [-0.05, 0) is 24.6 Å². The zero-order valence-corrected chi connectivity index (χ0v) is 12.0. The van der Waals surface area contributed by atoms with Crippen molar-refractivity contribution in [3.63, 3.8) is 0 Å². The molecule has 0 aromatic heterocycles. The molecule has 0 aliphatic carbocycles. The largest absolute Gasteiger partial charge is 0.486 e. The molecule has 1 unspecified atom stereocenters. The van der Waals surface area contributed by atoms with Crippen LogP contribution in [0.1, 0.15) is 12.5 Å². The fourth-order valence-corrected chi connectivity index (χ4v) is 2.33. The molecule has 0 radical (unpaired) electrons. The standard InChI is InChI=1S/C17H19NO3/c1-17(19,13-5-3-2-4-6-13)12-18-14-7-8-15-16(11-14)21-10-9-20-15/h2-8,11,18-19H,9-10,12H2,1H3. The normalized spacial score (nSPS) is 16.1. The third-order valence-corrected chi connectivity index (χ3v) is 3.57. The Hall–Kier alpha value is -2.20. The van der Waals surface area contributed by atoms with E-state index in [0.717, 1.165) is 22.7 Å². The third-order valence-electron chi connectivity index (χ3n) is 3.57. The molecule has 0 saturated heterocycles. The number of benzene rings is 2. The Morgan fingerprint density at radius 3 is 2.52 bits per heavy atom. The van der Waals surface area contributed by atoms with Gasteiger partial charge in [0.1, 0.15) is 18.8 Å². The first-order valence-electron chi connectivity index (χ1n) is 7.07. The van der Waals surface area contributed by atoms with E-state index in [1.54, 1.807) is 6.92 Å². The number of rotatable bonds is 4. The van der Waals surface area contributed by atoms with Gasteiger partial charge in [-0.15, -0.1) is 0 Å². The van der Waals surface area contributed by atoms with Crippen LogP contribution in [0.4, 0.5) is 5.69 Å². The molecule has 0 spiro atoms. The Kier molecular flexibility index (Phi) is 3.71. The highest BCUT2D eigenvalue weighted by Gasteiger charge is 2.22. The lowest BCUT2D eigenvalue weighted by Gasteiger charge is -2.25. The minimum atomic E-state index is -0.936. The van der Waals surface area contributed by atoms with Crippen LogP contribution in [0.3, 0.4) is 0 Å². The van der Waals surface area contributed by atoms with Crippen molar-refractivity contribution in [2.24, 2.45) is 0 Å². The SMILES string of the molecule is CC(O)(CNc1ccc2c(c1)OCCO2)c1ccccc1. The summed E-state index contributed by atoms with van der Waals surface area (Å²) in [4.78, 5) is 0. The number of hydrogen-bond acceptors (Lipinski definition) is 4. The average molecular weight is 285 g/mol. The maximum absolute atomic E-state index is 10.6. The summed E-state index contributed by atoms with van der Waals surface area (Å²) in [6.07, 6.45) is 0. The van der Waals surface area contributed by atoms with Gasteiger partial charge in [-0.25, -0.2) is 0 Å². The highest BCUT2D eigenvalue weighted by Crippen LogP contribution is 2.33. The molecule has 0 saturated carbocycles. The van der Waals surface area contributed by atoms with E-state index in [-0.39, 0.29) is 0 Å². The van der Waals surface area contributed by atoms with E-state index in [0.29, 0.717) is 19.8 Å². The summed E-state index contributed by atoms with van der Waals surface area (Å²) >= 11 is 0. The minimum Gasteiger partial charge on any atom is -0.486 e. The number of anilines is 1. The quantitative estimate of drug-likeness (QED) is 0.907. The maximum Gasteiger partial charge on any atom is 0.163 e. The lowest BCUT2D eigenvalue weighted by Crippen LogP contribution is -2.30. The first kappa shape index (κ1) is 13.8. The monoisotopic (exact) mass is 285 g/mol. The van der Waals surface area contributed by atoms with E-state index >= 15 is 0 Å². The second-order valence-electron chi connectivity index (χ2n) is 5.35. The molecule has 0 fully saturated rings. The second-order valence-corrected chi connectivity index (χ2v) is 5.35. The fourth-order valence-electron chi connectivity index (χ4n) is 2.33. The number of aliphatic hydroxyl groups is 1. The van der Waals surface area contributed by atoms with Gasteiger partial charge < -0.3 is 19.9 Å². The second kappa shape index (κ2) is 5.66. The van der Waals surface area contributed by atoms with Gasteiger partial charge in [-0.1, -0.05) is 30.3 Å². The summed E-state index contributed by atoms with van der Waals surface area (Å²) in [6.45, 7) is 3.37. The summed E-state index contributed by atoms with van der Waals surface area (Å²) in [5, 5.41) is 13.8. The first-order valence-corrected chi connectivity index (χ1v) is 7.07. The van der Waals surface area contributed by atoms with Crippen LogP contribution in [-0.4, -0.2) is 24.9 Å². The van der Waals surface area contributed by atoms with Crippen molar-refractivity contribution in [1.82, 2.24) is 0 Å². The number of ether oxygens (including phenoxy) is 2. The van der Waals surface area contributed by atoms with Crippen LogP contribution in [0.5, 0.6) is 11.5 Å². The van der Waals surface area contributed by atoms with Gasteiger partial charge >= 0.3 is 0 Å². The molecule has 21 heavy (non-hydrogen) atoms. The molecule has 1 heterocycles. The van der Waals surface area contributed by atoms with E-state index in [1.807, 2.05) is 48.5 Å². The highest BCUT2D eigenvalue weighted by atomic mass is 16.6. The summed E-state index contributed by atoms with van der Waals surface area (Å²) < 4.78 is 11.0. The van der Waals surface area contributed by atoms with Crippen LogP contribution in [-0.2, 0) is 5.60 Å². The van der Waals surface area contributed by atoms with Gasteiger partial charge in [0.2, 0.25) is 0 Å². The predicted molar refractivity (Wildman–Crippen MR) is 81.9 cm³/mol. The molecule has 2 aromatic rings. The molecular formula is C17H19NO3. The van der Waals surface area contributed by atoms with Crippen molar-refractivity contribution >= 4 is 5.69 Å². The van der Waals surface area contributed by atoms with E-state index in [9.17, 15) is 5.11 Å². The van der Waals surface area contributed by atoms with E-state index in [2.05, 4.69) is 5.32 Å². The number of fused-ring (bicyclic) bond motifs is 1. The highest BCUT2D eigenvalue weighted by molar-refractivity contribution is 5.55. The van der Waals surface area contributed by atoms with Gasteiger partial charge in [0.25, 0.3) is 0 Å². The number of nitrogens with one attached hydrogen (secondary N) is 1. The Morgan fingerprint density at radius 2 is 1.76 bits per heavy atom. The molecular weight excluding hydrogens is 266 g/mol. The van der Waals surface area contributed by atoms with E-state index in [1.165, 1.54) is 0 Å². The fraction of sp³-hybridized carbons (Fsp3) is 0.294. The van der Waals surface area contributed by atoms with Crippen LogP contribution in [0, 0.1) is 0 Å². The van der Waals surface area contributed by atoms with Crippen LogP contribution in [0.25, 0.3) is 0 Å². The summed E-state index contributed by atoms with van der Waals surface area (Å²) in [7, 11) is 0. The molecule has 0 bridgehead atoms. The first-order chi connectivity index (χ1) is 10.1. The molecule has 4 nitrogen and oxygen atoms in total. The van der Waals surface area contributed by atoms with Gasteiger partial charge in [0.15, 0.2) is 11.5 Å². The van der Waals surface area contributed by atoms with Crippen LogP contribution < -0.4 is 14.8 Å². The number of hydrogen-bond donors (Lipinski definition) is 2. The Balaban J connectivity index is 1.70. The summed E-state index contributed by atoms with van der Waals surface area (Å²) in [5.41, 5.74) is 0.847. The molecule has 1 aliphatic rings. The molecule has 1 atom stereocenters. The lowest BCUT2D eigenvalue weighted by molar-refractivity contribution is 0.0715. The maximum atomic E-state index is 10.6. The lowest BCUT2D eigenvalue weighted by atomic mass is 9.96. The smallest absolute Gasteiger partial charge is 0.163 e. The molecule has 2 aromatic carbocycles. The zero-order valence-electron chi connectivity index (χ0n) is 12.0. The molecule has 0 amide bonds. The van der Waals surface area contributed by atoms with Gasteiger partial charge in [-0.2, -0.15) is 0 Å². The van der Waals surface area contributed by atoms with E-state index < -0.39 is 5.60 Å². The Morgan fingerprint density at radius 1 is 1.05 bits per heavy atom. The van der Waals surface area contributed by atoms with Crippen LogP contribution in [0.2, 0.25) is 0 Å². The molecule has 2 N–H and O–H groups in total. The Bertz CT molecular complexity index is 611. The van der Waals surface area contributed by atoms with E-state index in [4.69, 9.17) is 9.47 Å². The topological polar surface area (TPSA) is 50.7 Å². The van der Waals surface area contributed by atoms with Crippen molar-refractivity contribution in [1.29, 1.82) is 0 Å². The van der Waals surface area contributed by atoms with Gasteiger partial charge in [0, 0.05) is 18.3 Å². The van der Waals surface area contributed by atoms with Gasteiger partial charge in [-0.3, -0.25) is 0 Å². The van der Waals surface area contributed by atoms with Gasteiger partial charge in [0.05, 0.1) is 0 Å². The molecule has 4 heteroatoms. The summed E-state index contributed by atoms with van der Waals surface area (Å²) in [6, 6.07) is 15.3. The van der Waals surface area contributed by atoms with Crippen LogP contribution >= 0.6 is 0 Å². The van der Waals surface area contributed by atoms with Crippen molar-refractivity contribution < 1.29 is 14.6 Å².